The van der Waals surface area contributed by atoms with Gasteiger partial charge in [-0.3, -0.25) is 0 Å². The lowest BCUT2D eigenvalue weighted by Gasteiger charge is -2.19. The van der Waals surface area contributed by atoms with Crippen LogP contribution >= 0.6 is 0 Å². The summed E-state index contributed by atoms with van der Waals surface area (Å²) in [7, 11) is 3.49. The van der Waals surface area contributed by atoms with Crippen molar-refractivity contribution in [3.05, 3.63) is 11.5 Å². The van der Waals surface area contributed by atoms with E-state index in [0.29, 0.717) is 30.4 Å². The molecule has 0 heterocycles. The fraction of sp³-hybridized carbons (Fsp3) is 0.857. The summed E-state index contributed by atoms with van der Waals surface area (Å²) in [6, 6.07) is 0.391. The predicted molar refractivity (Wildman–Crippen MR) is 71.2 cm³/mol. The van der Waals surface area contributed by atoms with E-state index < -0.39 is 12.5 Å². The third-order valence-corrected chi connectivity index (χ3v) is 3.48. The molecule has 1 rings (SSSR count). The molecule has 1 atom stereocenters. The highest BCUT2D eigenvalue weighted by atomic mass is 19.3. The van der Waals surface area contributed by atoms with Crippen LogP contribution < -0.4 is 5.32 Å². The van der Waals surface area contributed by atoms with E-state index >= 15 is 0 Å². The molecule has 19 heavy (non-hydrogen) atoms. The van der Waals surface area contributed by atoms with Crippen molar-refractivity contribution >= 4 is 0 Å². The van der Waals surface area contributed by atoms with Crippen molar-refractivity contribution in [1.29, 1.82) is 0 Å². The van der Waals surface area contributed by atoms with Gasteiger partial charge in [-0.25, -0.2) is 8.78 Å². The van der Waals surface area contributed by atoms with Crippen LogP contribution in [0.4, 0.5) is 8.78 Å². The van der Waals surface area contributed by atoms with Gasteiger partial charge in [0, 0.05) is 25.3 Å². The van der Waals surface area contributed by atoms with Crippen LogP contribution in [-0.2, 0) is 9.47 Å². The summed E-state index contributed by atoms with van der Waals surface area (Å²) in [6.45, 7) is 1.20. The Morgan fingerprint density at radius 3 is 2.42 bits per heavy atom. The van der Waals surface area contributed by atoms with Crippen molar-refractivity contribution in [2.45, 2.75) is 57.4 Å². The molecule has 0 saturated heterocycles. The molecule has 0 radical (unpaired) electrons. The van der Waals surface area contributed by atoms with Crippen molar-refractivity contribution in [3.8, 4) is 0 Å². The number of allylic oxidation sites excluding steroid dienone is 2. The third kappa shape index (κ3) is 5.35. The van der Waals surface area contributed by atoms with Gasteiger partial charge < -0.3 is 14.8 Å². The first-order valence-corrected chi connectivity index (χ1v) is 6.96. The summed E-state index contributed by atoms with van der Waals surface area (Å²) < 4.78 is 37.5. The van der Waals surface area contributed by atoms with E-state index in [1.165, 1.54) is 0 Å². The molecule has 1 aliphatic carbocycles. The van der Waals surface area contributed by atoms with Crippen molar-refractivity contribution < 1.29 is 18.3 Å². The lowest BCUT2D eigenvalue weighted by Crippen LogP contribution is -2.24. The first-order valence-electron chi connectivity index (χ1n) is 6.96. The molecule has 1 N–H and O–H groups in total. The SMILES string of the molecule is CCCC(F)(F)COC1=C(OC)CCC(NC)CC1. The summed E-state index contributed by atoms with van der Waals surface area (Å²) in [5.74, 6) is -1.45. The van der Waals surface area contributed by atoms with Crippen LogP contribution in [0.1, 0.15) is 45.4 Å². The lowest BCUT2D eigenvalue weighted by atomic mass is 10.1. The van der Waals surface area contributed by atoms with Crippen LogP contribution in [0.25, 0.3) is 0 Å². The number of ether oxygens (including phenoxy) is 2. The van der Waals surface area contributed by atoms with E-state index in [1.54, 1.807) is 14.0 Å². The number of rotatable bonds is 7. The normalized spacial score (nSPS) is 21.2. The number of halogens is 2. The summed E-state index contributed by atoms with van der Waals surface area (Å²) in [6.07, 6.45) is 3.53. The first-order chi connectivity index (χ1) is 9.02. The Labute approximate surface area is 114 Å². The Balaban J connectivity index is 2.60. The average molecular weight is 277 g/mol. The number of nitrogens with one attached hydrogen (secondary N) is 1. The summed E-state index contributed by atoms with van der Waals surface area (Å²) in [5.41, 5.74) is 0. The molecular weight excluding hydrogens is 252 g/mol. The molecule has 0 aromatic rings. The Hall–Kier alpha value is -0.840. The Kier molecular flexibility index (Phi) is 6.55. The molecule has 112 valence electrons. The fourth-order valence-corrected chi connectivity index (χ4v) is 2.32. The Bertz CT molecular complexity index is 306. The van der Waals surface area contributed by atoms with Gasteiger partial charge in [0.1, 0.15) is 11.5 Å². The van der Waals surface area contributed by atoms with E-state index in [4.69, 9.17) is 9.47 Å². The number of hydrogen-bond acceptors (Lipinski definition) is 3. The van der Waals surface area contributed by atoms with Gasteiger partial charge in [-0.05, 0) is 19.9 Å². The zero-order valence-electron chi connectivity index (χ0n) is 12.1. The largest absolute Gasteiger partial charge is 0.498 e. The van der Waals surface area contributed by atoms with Crippen LogP contribution in [0.15, 0.2) is 11.5 Å². The van der Waals surface area contributed by atoms with Gasteiger partial charge in [-0.2, -0.15) is 0 Å². The average Bonchev–Trinajstić information content (AvgIpc) is 2.57. The number of hydrogen-bond donors (Lipinski definition) is 1. The van der Waals surface area contributed by atoms with E-state index in [2.05, 4.69) is 5.32 Å². The number of alkyl halides is 2. The smallest absolute Gasteiger partial charge is 0.281 e. The quantitative estimate of drug-likeness (QED) is 0.773. The van der Waals surface area contributed by atoms with E-state index in [1.807, 2.05) is 7.05 Å². The molecule has 3 nitrogen and oxygen atoms in total. The van der Waals surface area contributed by atoms with Crippen molar-refractivity contribution in [1.82, 2.24) is 5.32 Å². The van der Waals surface area contributed by atoms with E-state index in [9.17, 15) is 8.78 Å². The second-order valence-corrected chi connectivity index (χ2v) is 5.01. The maximum atomic E-state index is 13.5. The lowest BCUT2D eigenvalue weighted by molar-refractivity contribution is -0.0695. The first kappa shape index (κ1) is 16.2. The molecular formula is C14H25F2NO2. The molecule has 0 amide bonds. The van der Waals surface area contributed by atoms with Crippen molar-refractivity contribution in [3.63, 3.8) is 0 Å². The molecule has 0 spiro atoms. The van der Waals surface area contributed by atoms with Crippen LogP contribution in [0.2, 0.25) is 0 Å². The minimum absolute atomic E-state index is 0.137. The highest BCUT2D eigenvalue weighted by Crippen LogP contribution is 2.28. The topological polar surface area (TPSA) is 30.5 Å². The monoisotopic (exact) mass is 277 g/mol. The predicted octanol–water partition coefficient (Wildman–Crippen LogP) is 3.46. The van der Waals surface area contributed by atoms with Crippen molar-refractivity contribution in [2.24, 2.45) is 0 Å². The van der Waals surface area contributed by atoms with Gasteiger partial charge in [0.2, 0.25) is 0 Å². The van der Waals surface area contributed by atoms with E-state index in [0.717, 1.165) is 19.3 Å². The van der Waals surface area contributed by atoms with Crippen LogP contribution in [0, 0.1) is 0 Å². The summed E-state index contributed by atoms with van der Waals surface area (Å²) >= 11 is 0. The Morgan fingerprint density at radius 1 is 1.26 bits per heavy atom. The summed E-state index contributed by atoms with van der Waals surface area (Å²) in [4.78, 5) is 0. The molecule has 0 aliphatic heterocycles. The highest BCUT2D eigenvalue weighted by Gasteiger charge is 2.30. The molecule has 1 aliphatic rings. The van der Waals surface area contributed by atoms with Crippen LogP contribution in [0.3, 0.4) is 0 Å². The molecule has 0 saturated carbocycles. The second-order valence-electron chi connectivity index (χ2n) is 5.01. The maximum absolute atomic E-state index is 13.5. The van der Waals surface area contributed by atoms with Crippen LogP contribution in [-0.4, -0.2) is 32.7 Å². The zero-order chi connectivity index (χ0) is 14.3. The molecule has 0 aromatic carbocycles. The number of methoxy groups -OCH3 is 1. The van der Waals surface area contributed by atoms with Crippen molar-refractivity contribution in [2.75, 3.05) is 20.8 Å². The van der Waals surface area contributed by atoms with Gasteiger partial charge in [0.05, 0.1) is 7.11 Å². The maximum Gasteiger partial charge on any atom is 0.281 e. The van der Waals surface area contributed by atoms with Gasteiger partial charge in [0.15, 0.2) is 6.61 Å². The molecule has 5 heteroatoms. The van der Waals surface area contributed by atoms with Gasteiger partial charge in [0.25, 0.3) is 5.92 Å². The minimum atomic E-state index is -2.75. The minimum Gasteiger partial charge on any atom is -0.498 e. The fourth-order valence-electron chi connectivity index (χ4n) is 2.32. The molecule has 1 unspecified atom stereocenters. The second kappa shape index (κ2) is 7.68. The third-order valence-electron chi connectivity index (χ3n) is 3.48. The standard InChI is InChI=1S/C14H25F2NO2/c1-4-9-14(15,16)10-19-13-8-6-11(17-2)5-7-12(13)18-3/h11,17H,4-10H2,1-3H3. The molecule has 0 aromatic heterocycles. The molecule has 0 fully saturated rings. The Morgan fingerprint density at radius 2 is 1.89 bits per heavy atom. The zero-order valence-corrected chi connectivity index (χ0v) is 12.1. The van der Waals surface area contributed by atoms with E-state index in [-0.39, 0.29) is 6.42 Å². The highest BCUT2D eigenvalue weighted by molar-refractivity contribution is 5.05. The van der Waals surface area contributed by atoms with Gasteiger partial charge in [-0.15, -0.1) is 0 Å². The van der Waals surface area contributed by atoms with Crippen LogP contribution in [0.5, 0.6) is 0 Å². The summed E-state index contributed by atoms with van der Waals surface area (Å²) in [5, 5.41) is 3.22. The van der Waals surface area contributed by atoms with Gasteiger partial charge >= 0.3 is 0 Å². The molecule has 0 bridgehead atoms. The van der Waals surface area contributed by atoms with Gasteiger partial charge in [-0.1, -0.05) is 13.3 Å².